The summed E-state index contributed by atoms with van der Waals surface area (Å²) in [6, 6.07) is 15.2. The van der Waals surface area contributed by atoms with Crippen LogP contribution in [0.5, 0.6) is 0 Å². The third-order valence-corrected chi connectivity index (χ3v) is 8.25. The van der Waals surface area contributed by atoms with Crippen LogP contribution in [-0.4, -0.2) is 70.7 Å². The second-order valence-electron chi connectivity index (χ2n) is 12.1. The van der Waals surface area contributed by atoms with E-state index < -0.39 is 9.85 Å². The van der Waals surface area contributed by atoms with Crippen LogP contribution in [0.3, 0.4) is 0 Å². The zero-order valence-electron chi connectivity index (χ0n) is 30.4. The molecule has 5 heterocycles. The Morgan fingerprint density at radius 2 is 1.35 bits per heavy atom. The number of ether oxygens (including phenoxy) is 3. The lowest BCUT2D eigenvalue weighted by molar-refractivity contribution is -0.384. The molecule has 3 N–H and O–H groups in total. The molecule has 2 atom stereocenters. The van der Waals surface area contributed by atoms with Crippen LogP contribution in [0.1, 0.15) is 64.8 Å². The molecule has 17 nitrogen and oxygen atoms in total. The van der Waals surface area contributed by atoms with Crippen molar-refractivity contribution in [1.29, 1.82) is 0 Å². The summed E-state index contributed by atoms with van der Waals surface area (Å²) in [5, 5.41) is 39.0. The number of non-ortho nitro benzene ring substituents is 2. The van der Waals surface area contributed by atoms with Crippen molar-refractivity contribution >= 4 is 78.9 Å². The molecule has 55 heavy (non-hydrogen) atoms. The van der Waals surface area contributed by atoms with Crippen molar-refractivity contribution < 1.29 is 28.9 Å². The molecular weight excluding hydrogens is 757 g/mol. The average molecular weight is 801 g/mol. The number of nitro benzene ring substituents is 2. The zero-order valence-corrected chi connectivity index (χ0v) is 31.9. The number of carbonyl (C=O) groups is 1. The minimum Gasteiger partial charge on any atom is -0.466 e. The smallest absolute Gasteiger partial charge is 0.302 e. The molecule has 0 radical (unpaired) electrons. The monoisotopic (exact) mass is 799 g/mol. The molecule has 6 aromatic rings. The van der Waals surface area contributed by atoms with Crippen molar-refractivity contribution in [3.05, 3.63) is 93.4 Å². The molecule has 2 saturated heterocycles. The summed E-state index contributed by atoms with van der Waals surface area (Å²) in [7, 11) is 0. The molecule has 294 valence electrons. The molecule has 2 aliphatic heterocycles. The largest absolute Gasteiger partial charge is 0.466 e. The summed E-state index contributed by atoms with van der Waals surface area (Å²) in [4.78, 5) is 30.1. The minimum absolute atomic E-state index is 0.0438. The highest BCUT2D eigenvalue weighted by molar-refractivity contribution is 6.40. The highest BCUT2D eigenvalue weighted by Crippen LogP contribution is 2.29. The van der Waals surface area contributed by atoms with E-state index in [0.29, 0.717) is 6.61 Å². The number of halogens is 2. The second kappa shape index (κ2) is 21.5. The number of hydrogen-bond donors (Lipinski definition) is 2. The number of nitro groups is 2. The molecule has 0 aliphatic carbocycles. The van der Waals surface area contributed by atoms with E-state index in [2.05, 4.69) is 25.1 Å². The van der Waals surface area contributed by atoms with Crippen molar-refractivity contribution in [3.63, 3.8) is 0 Å². The first-order valence-corrected chi connectivity index (χ1v) is 18.5. The van der Waals surface area contributed by atoms with Gasteiger partial charge in [0, 0.05) is 66.2 Å². The SMILES string of the molecule is CCOC(C)=O.ClCCl.Nc1ccc2c(cnn2C2CCCCO2)c1.O=[N+]([O-])c1ccc2[nH]ncc2c1.O=[N+]([O-])c1ccc2c(cnn2C2CCCCO2)c1. The van der Waals surface area contributed by atoms with Crippen LogP contribution in [0.4, 0.5) is 17.1 Å². The molecule has 2 fully saturated rings. The first-order valence-electron chi connectivity index (χ1n) is 17.5. The Hall–Kier alpha value is -5.36. The van der Waals surface area contributed by atoms with Crippen LogP contribution >= 0.6 is 23.2 Å². The lowest BCUT2D eigenvalue weighted by Crippen LogP contribution is -2.18. The van der Waals surface area contributed by atoms with Gasteiger partial charge in [0.25, 0.3) is 11.4 Å². The Balaban J connectivity index is 0.000000168. The molecule has 2 aliphatic rings. The molecule has 8 rings (SSSR count). The van der Waals surface area contributed by atoms with Crippen LogP contribution in [0, 0.1) is 20.2 Å². The maximum atomic E-state index is 10.7. The fourth-order valence-corrected chi connectivity index (χ4v) is 5.76. The summed E-state index contributed by atoms with van der Waals surface area (Å²) < 4.78 is 19.6. The predicted molar refractivity (Wildman–Crippen MR) is 210 cm³/mol. The number of H-pyrrole nitrogens is 1. The third-order valence-electron chi connectivity index (χ3n) is 8.25. The lowest BCUT2D eigenvalue weighted by atomic mass is 10.2. The van der Waals surface area contributed by atoms with E-state index in [0.717, 1.165) is 83.7 Å². The van der Waals surface area contributed by atoms with Crippen LogP contribution in [0.25, 0.3) is 32.7 Å². The summed E-state index contributed by atoms with van der Waals surface area (Å²) in [6.45, 7) is 5.24. The Bertz CT molecular complexity index is 2140. The van der Waals surface area contributed by atoms with Gasteiger partial charge in [0.05, 0.1) is 56.9 Å². The van der Waals surface area contributed by atoms with Gasteiger partial charge in [-0.05, 0) is 75.8 Å². The Morgan fingerprint density at radius 3 is 1.82 bits per heavy atom. The molecule has 0 amide bonds. The Morgan fingerprint density at radius 1 is 0.836 bits per heavy atom. The van der Waals surface area contributed by atoms with Gasteiger partial charge in [0.2, 0.25) is 0 Å². The topological polar surface area (TPSA) is 221 Å². The number of nitrogens with two attached hydrogens (primary N) is 1. The second-order valence-corrected chi connectivity index (χ2v) is 12.9. The Kier molecular flexibility index (Phi) is 16.6. The summed E-state index contributed by atoms with van der Waals surface area (Å²) >= 11 is 9.53. The number of benzene rings is 3. The maximum absolute atomic E-state index is 10.7. The van der Waals surface area contributed by atoms with Crippen LogP contribution in [-0.2, 0) is 19.0 Å². The maximum Gasteiger partial charge on any atom is 0.302 e. The highest BCUT2D eigenvalue weighted by atomic mass is 35.5. The highest BCUT2D eigenvalue weighted by Gasteiger charge is 2.20. The van der Waals surface area contributed by atoms with Crippen molar-refractivity contribution in [2.24, 2.45) is 0 Å². The summed E-state index contributed by atoms with van der Waals surface area (Å²) in [6.07, 6.45) is 11.7. The number of nitrogens with one attached hydrogen (secondary N) is 1. The third kappa shape index (κ3) is 12.3. The Labute approximate surface area is 325 Å². The molecule has 0 spiro atoms. The van der Waals surface area contributed by atoms with E-state index in [1.165, 1.54) is 31.5 Å². The number of alkyl halides is 2. The van der Waals surface area contributed by atoms with Crippen LogP contribution < -0.4 is 5.73 Å². The molecule has 0 saturated carbocycles. The van der Waals surface area contributed by atoms with E-state index in [1.54, 1.807) is 37.5 Å². The van der Waals surface area contributed by atoms with E-state index in [1.807, 2.05) is 33.8 Å². The van der Waals surface area contributed by atoms with E-state index in [9.17, 15) is 25.0 Å². The van der Waals surface area contributed by atoms with Gasteiger partial charge >= 0.3 is 5.97 Å². The van der Waals surface area contributed by atoms with E-state index in [4.69, 9.17) is 38.4 Å². The fourth-order valence-electron chi connectivity index (χ4n) is 5.76. The molecule has 3 aromatic carbocycles. The van der Waals surface area contributed by atoms with Crippen LogP contribution in [0.15, 0.2) is 73.2 Å². The lowest BCUT2D eigenvalue weighted by Gasteiger charge is -2.23. The van der Waals surface area contributed by atoms with E-state index in [-0.39, 0.29) is 35.1 Å². The molecule has 19 heteroatoms. The number of hydrogen-bond acceptors (Lipinski definition) is 12. The first-order chi connectivity index (χ1) is 26.6. The molecule has 0 bridgehead atoms. The normalized spacial score (nSPS) is 16.2. The van der Waals surface area contributed by atoms with Gasteiger partial charge in [-0.1, -0.05) is 0 Å². The average Bonchev–Trinajstić information content (AvgIpc) is 3.94. The van der Waals surface area contributed by atoms with Gasteiger partial charge in [-0.3, -0.25) is 30.1 Å². The number of aromatic nitrogens is 6. The van der Waals surface area contributed by atoms with Crippen molar-refractivity contribution in [2.75, 3.05) is 30.9 Å². The quantitative estimate of drug-likeness (QED) is 0.0551. The number of nitrogens with zero attached hydrogens (tertiary/aromatic N) is 7. The number of fused-ring (bicyclic) bond motifs is 3. The van der Waals surface area contributed by atoms with Crippen molar-refractivity contribution in [2.45, 2.75) is 64.8 Å². The van der Waals surface area contributed by atoms with Gasteiger partial charge in [-0.2, -0.15) is 15.3 Å². The van der Waals surface area contributed by atoms with Gasteiger partial charge in [-0.25, -0.2) is 9.36 Å². The zero-order chi connectivity index (χ0) is 39.7. The molecule has 2 unspecified atom stereocenters. The summed E-state index contributed by atoms with van der Waals surface area (Å²) in [5.74, 6) is -0.211. The van der Waals surface area contributed by atoms with Crippen molar-refractivity contribution in [3.8, 4) is 0 Å². The molecule has 3 aromatic heterocycles. The van der Waals surface area contributed by atoms with Gasteiger partial charge in [0.15, 0.2) is 12.5 Å². The fraction of sp³-hybridized carbons (Fsp3) is 0.389. The van der Waals surface area contributed by atoms with Gasteiger partial charge in [-0.15, -0.1) is 23.2 Å². The van der Waals surface area contributed by atoms with Gasteiger partial charge in [0.1, 0.15) is 0 Å². The first kappa shape index (κ1) is 42.4. The minimum atomic E-state index is -0.424. The standard InChI is InChI=1S/C12H13N3O3.C12H15N3O.C7H5N3O2.C4H8O2.CH2Cl2/c16-15(17)10-4-5-11-9(7-10)8-13-14(11)12-3-1-2-6-18-12;13-10-4-5-11-9(7-10)8-14-15(11)12-3-1-2-6-16-12;11-10(12)6-1-2-7-5(3-6)4-8-9-7;1-3-6-4(2)5;2-1-3/h4-5,7-8,12H,1-3,6H2;4-5,7-8,12H,1-3,6,13H2;1-4H,(H,8,9);3H2,1-2H3;1H2. The predicted octanol–water partition coefficient (Wildman–Crippen LogP) is 8.42. The number of carbonyl (C=O) groups excluding carboxylic acids is 1. The number of anilines is 1. The molecular formula is C36H43Cl2N9O8. The van der Waals surface area contributed by atoms with E-state index >= 15 is 0 Å². The van der Waals surface area contributed by atoms with Crippen molar-refractivity contribution in [1.82, 2.24) is 29.8 Å². The van der Waals surface area contributed by atoms with Crippen LogP contribution in [0.2, 0.25) is 0 Å². The number of esters is 1. The van der Waals surface area contributed by atoms with Gasteiger partial charge < -0.3 is 19.9 Å². The summed E-state index contributed by atoms with van der Waals surface area (Å²) in [5.41, 5.74) is 9.48. The number of aromatic amines is 1. The number of nitrogen functional groups attached to an aromatic ring is 1. The number of rotatable bonds is 5.